The molecule has 3 rings (SSSR count). The van der Waals surface area contributed by atoms with Crippen molar-refractivity contribution in [3.8, 4) is 11.4 Å². The summed E-state index contributed by atoms with van der Waals surface area (Å²) in [4.78, 5) is 12.6. The summed E-state index contributed by atoms with van der Waals surface area (Å²) in [5.41, 5.74) is 3.80. The van der Waals surface area contributed by atoms with E-state index in [1.165, 1.54) is 11.8 Å². The fourth-order valence-electron chi connectivity index (χ4n) is 2.79. The molecule has 0 aliphatic rings. The maximum atomic E-state index is 12.6. The van der Waals surface area contributed by atoms with Gasteiger partial charge in [-0.2, -0.15) is 4.68 Å². The van der Waals surface area contributed by atoms with Crippen molar-refractivity contribution in [3.63, 3.8) is 0 Å². The number of thioether (sulfide) groups is 1. The summed E-state index contributed by atoms with van der Waals surface area (Å²) in [5, 5.41) is 15.1. The van der Waals surface area contributed by atoms with Gasteiger partial charge in [-0.3, -0.25) is 4.79 Å². The van der Waals surface area contributed by atoms with Gasteiger partial charge in [-0.15, -0.1) is 5.10 Å². The maximum absolute atomic E-state index is 12.6. The topological polar surface area (TPSA) is 81.9 Å². The number of tetrazole rings is 1. The largest absolute Gasteiger partial charge is 0.494 e. The summed E-state index contributed by atoms with van der Waals surface area (Å²) in [6.07, 6.45) is 0. The van der Waals surface area contributed by atoms with E-state index in [4.69, 9.17) is 4.74 Å². The first-order valence-corrected chi connectivity index (χ1v) is 9.93. The van der Waals surface area contributed by atoms with Crippen molar-refractivity contribution < 1.29 is 9.53 Å². The van der Waals surface area contributed by atoms with Crippen LogP contribution in [0.5, 0.6) is 5.75 Å². The molecule has 1 N–H and O–H groups in total. The lowest BCUT2D eigenvalue weighted by molar-refractivity contribution is -0.115. The number of hydrogen-bond acceptors (Lipinski definition) is 6. The van der Waals surface area contributed by atoms with Gasteiger partial charge in [0, 0.05) is 5.69 Å². The highest BCUT2D eigenvalue weighted by Crippen LogP contribution is 2.27. The lowest BCUT2D eigenvalue weighted by Crippen LogP contribution is -2.23. The van der Waals surface area contributed by atoms with Crippen LogP contribution in [-0.2, 0) is 4.79 Å². The van der Waals surface area contributed by atoms with E-state index < -0.39 is 0 Å². The van der Waals surface area contributed by atoms with E-state index in [0.29, 0.717) is 11.8 Å². The summed E-state index contributed by atoms with van der Waals surface area (Å²) in [5.74, 6) is 0.654. The third-order valence-corrected chi connectivity index (χ3v) is 5.21. The fourth-order valence-corrected chi connectivity index (χ4v) is 3.58. The molecule has 0 spiro atoms. The Bertz CT molecular complexity index is 935. The Morgan fingerprint density at radius 3 is 2.50 bits per heavy atom. The van der Waals surface area contributed by atoms with Crippen LogP contribution in [0.15, 0.2) is 47.6 Å². The van der Waals surface area contributed by atoms with E-state index in [1.807, 2.05) is 70.2 Å². The number of rotatable bonds is 7. The molecule has 1 aromatic heterocycles. The number of para-hydroxylation sites is 1. The quantitative estimate of drug-likeness (QED) is 0.611. The van der Waals surface area contributed by atoms with Crippen LogP contribution >= 0.6 is 11.8 Å². The minimum absolute atomic E-state index is 0.120. The summed E-state index contributed by atoms with van der Waals surface area (Å²) >= 11 is 1.32. The molecule has 0 bridgehead atoms. The average molecular weight is 398 g/mol. The third-order valence-electron chi connectivity index (χ3n) is 4.18. The van der Waals surface area contributed by atoms with Crippen LogP contribution in [-0.4, -0.2) is 38.0 Å². The molecule has 0 unspecified atom stereocenters. The van der Waals surface area contributed by atoms with Crippen molar-refractivity contribution >= 4 is 23.4 Å². The number of hydrogen-bond donors (Lipinski definition) is 1. The standard InChI is InChI=1S/C20H23N5O2S/c1-5-27-17-11-9-16(10-12-17)21-19(26)15(4)28-20-22-23-24-25(20)18-13(2)7-6-8-14(18)3/h6-12,15H,5H2,1-4H3,(H,21,26)/t15-/m0/s1. The molecule has 0 aliphatic heterocycles. The fraction of sp³-hybridized carbons (Fsp3) is 0.300. The summed E-state index contributed by atoms with van der Waals surface area (Å²) < 4.78 is 7.11. The van der Waals surface area contributed by atoms with E-state index >= 15 is 0 Å². The highest BCUT2D eigenvalue weighted by atomic mass is 32.2. The van der Waals surface area contributed by atoms with Crippen LogP contribution in [0.1, 0.15) is 25.0 Å². The normalized spacial score (nSPS) is 11.9. The van der Waals surface area contributed by atoms with Gasteiger partial charge in [-0.25, -0.2) is 0 Å². The lowest BCUT2D eigenvalue weighted by Gasteiger charge is -2.14. The molecule has 0 saturated heterocycles. The predicted octanol–water partition coefficient (Wildman–Crippen LogP) is 3.80. The average Bonchev–Trinajstić information content (AvgIpc) is 3.11. The molecule has 0 radical (unpaired) electrons. The van der Waals surface area contributed by atoms with Crippen molar-refractivity contribution in [3.05, 3.63) is 53.6 Å². The predicted molar refractivity (Wildman–Crippen MR) is 110 cm³/mol. The SMILES string of the molecule is CCOc1ccc(NC(=O)[C@H](C)Sc2nnnn2-c2c(C)cccc2C)cc1. The van der Waals surface area contributed by atoms with Crippen LogP contribution in [0.25, 0.3) is 5.69 Å². The number of carbonyl (C=O) groups is 1. The van der Waals surface area contributed by atoms with Crippen molar-refractivity contribution in [1.29, 1.82) is 0 Å². The number of benzene rings is 2. The van der Waals surface area contributed by atoms with E-state index in [0.717, 1.165) is 28.3 Å². The summed E-state index contributed by atoms with van der Waals surface area (Å²) in [6, 6.07) is 13.3. The highest BCUT2D eigenvalue weighted by Gasteiger charge is 2.20. The molecule has 3 aromatic rings. The Kier molecular flexibility index (Phi) is 6.30. The second kappa shape index (κ2) is 8.88. The Morgan fingerprint density at radius 1 is 1.18 bits per heavy atom. The monoisotopic (exact) mass is 397 g/mol. The van der Waals surface area contributed by atoms with Gasteiger partial charge < -0.3 is 10.1 Å². The first-order valence-electron chi connectivity index (χ1n) is 9.05. The molecule has 1 heterocycles. The third kappa shape index (κ3) is 4.51. The Morgan fingerprint density at radius 2 is 1.86 bits per heavy atom. The van der Waals surface area contributed by atoms with Gasteiger partial charge in [0.25, 0.3) is 0 Å². The van der Waals surface area contributed by atoms with Crippen molar-refractivity contribution in [2.45, 2.75) is 38.1 Å². The van der Waals surface area contributed by atoms with Crippen LogP contribution in [0.4, 0.5) is 5.69 Å². The number of amides is 1. The minimum Gasteiger partial charge on any atom is -0.494 e. The van der Waals surface area contributed by atoms with Gasteiger partial charge >= 0.3 is 0 Å². The molecule has 0 fully saturated rings. The summed E-state index contributed by atoms with van der Waals surface area (Å²) in [7, 11) is 0. The number of aryl methyl sites for hydroxylation is 2. The van der Waals surface area contributed by atoms with Gasteiger partial charge in [0.2, 0.25) is 11.1 Å². The molecule has 2 aromatic carbocycles. The zero-order valence-corrected chi connectivity index (χ0v) is 17.2. The number of ether oxygens (including phenoxy) is 1. The van der Waals surface area contributed by atoms with E-state index in [2.05, 4.69) is 20.8 Å². The summed E-state index contributed by atoms with van der Waals surface area (Å²) in [6.45, 7) is 8.40. The van der Waals surface area contributed by atoms with Crippen LogP contribution in [0, 0.1) is 13.8 Å². The van der Waals surface area contributed by atoms with E-state index in [1.54, 1.807) is 4.68 Å². The lowest BCUT2D eigenvalue weighted by atomic mass is 10.1. The van der Waals surface area contributed by atoms with Crippen molar-refractivity contribution in [1.82, 2.24) is 20.2 Å². The molecule has 0 saturated carbocycles. The number of nitrogens with one attached hydrogen (secondary N) is 1. The highest BCUT2D eigenvalue weighted by molar-refractivity contribution is 8.00. The Labute approximate surface area is 168 Å². The number of aromatic nitrogens is 4. The molecular weight excluding hydrogens is 374 g/mol. The minimum atomic E-state index is -0.374. The molecule has 1 amide bonds. The molecular formula is C20H23N5O2S. The van der Waals surface area contributed by atoms with Gasteiger partial charge in [0.1, 0.15) is 5.75 Å². The molecule has 28 heavy (non-hydrogen) atoms. The number of nitrogens with zero attached hydrogens (tertiary/aromatic N) is 4. The molecule has 0 aliphatic carbocycles. The Balaban J connectivity index is 1.71. The van der Waals surface area contributed by atoms with Crippen LogP contribution in [0.2, 0.25) is 0 Å². The molecule has 1 atom stereocenters. The van der Waals surface area contributed by atoms with Gasteiger partial charge in [-0.05, 0) is 73.5 Å². The molecule has 8 heteroatoms. The molecule has 7 nitrogen and oxygen atoms in total. The smallest absolute Gasteiger partial charge is 0.237 e. The second-order valence-corrected chi connectivity index (χ2v) is 7.63. The second-order valence-electron chi connectivity index (χ2n) is 6.32. The zero-order valence-electron chi connectivity index (χ0n) is 16.3. The van der Waals surface area contributed by atoms with Crippen LogP contribution in [0.3, 0.4) is 0 Å². The van der Waals surface area contributed by atoms with Crippen LogP contribution < -0.4 is 10.1 Å². The van der Waals surface area contributed by atoms with Gasteiger partial charge in [0.15, 0.2) is 0 Å². The van der Waals surface area contributed by atoms with Gasteiger partial charge in [-0.1, -0.05) is 30.0 Å². The number of anilines is 1. The Hall–Kier alpha value is -2.87. The first kappa shape index (κ1) is 19.9. The van der Waals surface area contributed by atoms with Gasteiger partial charge in [0.05, 0.1) is 17.5 Å². The van der Waals surface area contributed by atoms with E-state index in [-0.39, 0.29) is 11.2 Å². The maximum Gasteiger partial charge on any atom is 0.237 e. The first-order chi connectivity index (χ1) is 13.5. The van der Waals surface area contributed by atoms with E-state index in [9.17, 15) is 4.79 Å². The van der Waals surface area contributed by atoms with Crippen molar-refractivity contribution in [2.75, 3.05) is 11.9 Å². The van der Waals surface area contributed by atoms with Crippen molar-refractivity contribution in [2.24, 2.45) is 0 Å². The molecule has 146 valence electrons. The number of carbonyl (C=O) groups excluding carboxylic acids is 1. The zero-order chi connectivity index (χ0) is 20.1.